The van der Waals surface area contributed by atoms with Crippen molar-refractivity contribution < 1.29 is 0 Å². The van der Waals surface area contributed by atoms with Crippen molar-refractivity contribution in [2.45, 2.75) is 27.2 Å². The average Bonchev–Trinajstić information content (AvgIpc) is 2.32. The van der Waals surface area contributed by atoms with E-state index >= 15 is 0 Å². The number of hydrogen-bond acceptors (Lipinski definition) is 1. The van der Waals surface area contributed by atoms with Crippen molar-refractivity contribution in [3.63, 3.8) is 0 Å². The fourth-order valence-corrected chi connectivity index (χ4v) is 1.17. The number of allylic oxidation sites excluding steroid dienone is 3. The zero-order chi connectivity index (χ0) is 12.4. The topological polar surface area (TPSA) is 23.8 Å². The molecule has 0 spiro atoms. The Morgan fingerprint density at radius 2 is 2.06 bits per heavy atom. The zero-order valence-electron chi connectivity index (χ0n) is 10.3. The van der Waals surface area contributed by atoms with Gasteiger partial charge in [-0.1, -0.05) is 51.1 Å². The molecule has 0 saturated carbocycles. The summed E-state index contributed by atoms with van der Waals surface area (Å²) in [6, 6.07) is 9.60. The molecule has 1 aromatic carbocycles. The molecule has 1 rings (SSSR count). The van der Waals surface area contributed by atoms with Crippen LogP contribution in [-0.4, -0.2) is 0 Å². The van der Waals surface area contributed by atoms with E-state index in [1.165, 1.54) is 6.42 Å². The van der Waals surface area contributed by atoms with E-state index in [1.807, 2.05) is 31.2 Å². The van der Waals surface area contributed by atoms with Crippen molar-refractivity contribution in [3.05, 3.63) is 54.1 Å². The molecular formula is C15H19N. The van der Waals surface area contributed by atoms with Gasteiger partial charge in [-0.15, -0.1) is 0 Å². The molecule has 16 heavy (non-hydrogen) atoms. The van der Waals surface area contributed by atoms with Gasteiger partial charge < -0.3 is 0 Å². The van der Waals surface area contributed by atoms with E-state index in [9.17, 15) is 0 Å². The number of benzene rings is 1. The standard InChI is InChI=1S/C12H11N.C3H8/c1-3-11(4-2)12-7-5-6-10(8-12)9-13;1-3-2/h3-8H,1H2,2H3;3H2,1-2H3/b11-4+;. The van der Waals surface area contributed by atoms with E-state index in [2.05, 4.69) is 26.5 Å². The van der Waals surface area contributed by atoms with Gasteiger partial charge in [0.15, 0.2) is 0 Å². The Bertz CT molecular complexity index is 394. The lowest BCUT2D eigenvalue weighted by molar-refractivity contribution is 1.09. The molecule has 0 amide bonds. The van der Waals surface area contributed by atoms with Crippen LogP contribution >= 0.6 is 0 Å². The summed E-state index contributed by atoms with van der Waals surface area (Å²) in [6.07, 6.45) is 5.01. The van der Waals surface area contributed by atoms with Crippen molar-refractivity contribution in [1.29, 1.82) is 5.26 Å². The Hall–Kier alpha value is -1.81. The quantitative estimate of drug-likeness (QED) is 0.660. The normalized spacial score (nSPS) is 9.75. The van der Waals surface area contributed by atoms with Gasteiger partial charge in [0, 0.05) is 0 Å². The molecule has 0 aromatic heterocycles. The molecule has 0 unspecified atom stereocenters. The molecule has 0 radical (unpaired) electrons. The van der Waals surface area contributed by atoms with Gasteiger partial charge in [0.05, 0.1) is 11.6 Å². The largest absolute Gasteiger partial charge is 0.192 e. The van der Waals surface area contributed by atoms with Crippen molar-refractivity contribution in [1.82, 2.24) is 0 Å². The van der Waals surface area contributed by atoms with Gasteiger partial charge >= 0.3 is 0 Å². The van der Waals surface area contributed by atoms with Crippen LogP contribution in [0.25, 0.3) is 5.57 Å². The minimum Gasteiger partial charge on any atom is -0.192 e. The molecule has 1 nitrogen and oxygen atoms in total. The molecule has 0 N–H and O–H groups in total. The Kier molecular flexibility index (Phi) is 7.53. The van der Waals surface area contributed by atoms with Crippen LogP contribution in [-0.2, 0) is 0 Å². The number of nitriles is 1. The minimum atomic E-state index is 0.679. The summed E-state index contributed by atoms with van der Waals surface area (Å²) in [5, 5.41) is 8.69. The van der Waals surface area contributed by atoms with Crippen LogP contribution in [0.15, 0.2) is 43.0 Å². The molecule has 1 aromatic rings. The Morgan fingerprint density at radius 1 is 1.44 bits per heavy atom. The fraction of sp³-hybridized carbons (Fsp3) is 0.267. The molecular weight excluding hydrogens is 194 g/mol. The lowest BCUT2D eigenvalue weighted by Gasteiger charge is -2.00. The highest BCUT2D eigenvalue weighted by Crippen LogP contribution is 2.16. The maximum absolute atomic E-state index is 8.69. The van der Waals surface area contributed by atoms with Gasteiger partial charge in [0.25, 0.3) is 0 Å². The van der Waals surface area contributed by atoms with Crippen LogP contribution in [0.4, 0.5) is 0 Å². The molecule has 0 saturated heterocycles. The van der Waals surface area contributed by atoms with Crippen LogP contribution in [0.3, 0.4) is 0 Å². The SMILES string of the molecule is C=C/C(=C\C)c1cccc(C#N)c1.CCC. The van der Waals surface area contributed by atoms with E-state index in [0.29, 0.717) is 5.56 Å². The van der Waals surface area contributed by atoms with Crippen LogP contribution in [0, 0.1) is 11.3 Å². The minimum absolute atomic E-state index is 0.679. The number of hydrogen-bond donors (Lipinski definition) is 0. The van der Waals surface area contributed by atoms with E-state index in [-0.39, 0.29) is 0 Å². The molecule has 0 heterocycles. The smallest absolute Gasteiger partial charge is 0.0991 e. The zero-order valence-corrected chi connectivity index (χ0v) is 10.3. The summed E-state index contributed by atoms with van der Waals surface area (Å²) in [7, 11) is 0. The van der Waals surface area contributed by atoms with Crippen molar-refractivity contribution in [3.8, 4) is 6.07 Å². The Balaban J connectivity index is 0.000000673. The van der Waals surface area contributed by atoms with Gasteiger partial charge in [-0.25, -0.2) is 0 Å². The lowest BCUT2D eigenvalue weighted by atomic mass is 10.0. The second-order valence-corrected chi connectivity index (χ2v) is 3.35. The van der Waals surface area contributed by atoms with E-state index < -0.39 is 0 Å². The van der Waals surface area contributed by atoms with Gasteiger partial charge in [0.2, 0.25) is 0 Å². The molecule has 0 aliphatic carbocycles. The second-order valence-electron chi connectivity index (χ2n) is 3.35. The maximum Gasteiger partial charge on any atom is 0.0991 e. The highest BCUT2D eigenvalue weighted by Gasteiger charge is 1.96. The molecule has 0 bridgehead atoms. The molecule has 1 heteroatoms. The van der Waals surface area contributed by atoms with Crippen LogP contribution in [0.5, 0.6) is 0 Å². The second kappa shape index (κ2) is 8.49. The summed E-state index contributed by atoms with van der Waals surface area (Å²) in [5.74, 6) is 0. The van der Waals surface area contributed by atoms with Crippen molar-refractivity contribution in [2.24, 2.45) is 0 Å². The Labute approximate surface area is 98.7 Å². The van der Waals surface area contributed by atoms with E-state index in [4.69, 9.17) is 5.26 Å². The summed E-state index contributed by atoms with van der Waals surface area (Å²) in [4.78, 5) is 0. The van der Waals surface area contributed by atoms with Gasteiger partial charge in [-0.2, -0.15) is 5.26 Å². The third kappa shape index (κ3) is 4.61. The highest BCUT2D eigenvalue weighted by atomic mass is 14.2. The molecule has 0 fully saturated rings. The predicted octanol–water partition coefficient (Wildman–Crippen LogP) is 4.56. The summed E-state index contributed by atoms with van der Waals surface area (Å²) in [5.41, 5.74) is 2.77. The first-order chi connectivity index (χ1) is 7.73. The molecule has 0 atom stereocenters. The predicted molar refractivity (Wildman–Crippen MR) is 71.0 cm³/mol. The van der Waals surface area contributed by atoms with Gasteiger partial charge in [0.1, 0.15) is 0 Å². The monoisotopic (exact) mass is 213 g/mol. The molecule has 84 valence electrons. The van der Waals surface area contributed by atoms with E-state index in [1.54, 1.807) is 12.1 Å². The van der Waals surface area contributed by atoms with Crippen molar-refractivity contribution in [2.75, 3.05) is 0 Å². The summed E-state index contributed by atoms with van der Waals surface area (Å²) in [6.45, 7) is 9.92. The van der Waals surface area contributed by atoms with Crippen LogP contribution in [0.1, 0.15) is 38.3 Å². The van der Waals surface area contributed by atoms with Gasteiger partial charge in [-0.05, 0) is 30.2 Å². The van der Waals surface area contributed by atoms with E-state index in [0.717, 1.165) is 11.1 Å². The highest BCUT2D eigenvalue weighted by molar-refractivity contribution is 5.73. The Morgan fingerprint density at radius 3 is 2.50 bits per heavy atom. The summed E-state index contributed by atoms with van der Waals surface area (Å²) >= 11 is 0. The van der Waals surface area contributed by atoms with Gasteiger partial charge in [-0.3, -0.25) is 0 Å². The van der Waals surface area contributed by atoms with Crippen LogP contribution in [0.2, 0.25) is 0 Å². The maximum atomic E-state index is 8.69. The molecule has 0 aliphatic rings. The molecule has 0 aliphatic heterocycles. The average molecular weight is 213 g/mol. The third-order valence-corrected chi connectivity index (χ3v) is 1.86. The third-order valence-electron chi connectivity index (χ3n) is 1.86. The first-order valence-electron chi connectivity index (χ1n) is 5.52. The number of nitrogens with zero attached hydrogens (tertiary/aromatic N) is 1. The fourth-order valence-electron chi connectivity index (χ4n) is 1.17. The summed E-state index contributed by atoms with van der Waals surface area (Å²) < 4.78 is 0. The van der Waals surface area contributed by atoms with Crippen molar-refractivity contribution >= 4 is 5.57 Å². The lowest BCUT2D eigenvalue weighted by Crippen LogP contribution is -1.81. The van der Waals surface area contributed by atoms with Crippen LogP contribution < -0.4 is 0 Å². The first kappa shape index (κ1) is 14.2. The number of rotatable bonds is 2. The first-order valence-corrected chi connectivity index (χ1v) is 5.52.